The van der Waals surface area contributed by atoms with Crippen LogP contribution in [0.5, 0.6) is 0 Å². The number of benzene rings is 1. The van der Waals surface area contributed by atoms with Gasteiger partial charge in [0.15, 0.2) is 0 Å². The van der Waals surface area contributed by atoms with Gasteiger partial charge in [-0.3, -0.25) is 4.79 Å². The van der Waals surface area contributed by atoms with E-state index in [1.807, 2.05) is 4.90 Å². The summed E-state index contributed by atoms with van der Waals surface area (Å²) in [5.74, 6) is 0.0510. The lowest BCUT2D eigenvalue weighted by atomic mass is 10.1. The lowest BCUT2D eigenvalue weighted by Gasteiger charge is -2.36. The summed E-state index contributed by atoms with van der Waals surface area (Å²) < 4.78 is 0. The number of hydrogen-bond acceptors (Lipinski definition) is 3. The molecular formula is C14H21N3O. The fourth-order valence-electron chi connectivity index (χ4n) is 2.48. The number of nitrogens with zero attached hydrogens (tertiary/aromatic N) is 2. The van der Waals surface area contributed by atoms with E-state index < -0.39 is 0 Å². The minimum Gasteiger partial charge on any atom is -0.368 e. The molecule has 0 aromatic heterocycles. The van der Waals surface area contributed by atoms with Crippen LogP contribution in [0.1, 0.15) is 11.1 Å². The number of rotatable bonds is 2. The van der Waals surface area contributed by atoms with E-state index >= 15 is 0 Å². The Morgan fingerprint density at radius 2 is 1.67 bits per heavy atom. The van der Waals surface area contributed by atoms with Crippen LogP contribution in [0, 0.1) is 13.8 Å². The van der Waals surface area contributed by atoms with Crippen LogP contribution in [-0.4, -0.2) is 43.5 Å². The maximum Gasteiger partial charge on any atom is 0.236 e. The number of aryl methyl sites for hydroxylation is 2. The highest BCUT2D eigenvalue weighted by molar-refractivity contribution is 5.78. The number of anilines is 1. The lowest BCUT2D eigenvalue weighted by molar-refractivity contribution is -0.129. The molecule has 1 aromatic rings. The second kappa shape index (κ2) is 5.40. The molecule has 4 nitrogen and oxygen atoms in total. The average molecular weight is 247 g/mol. The van der Waals surface area contributed by atoms with Gasteiger partial charge in [0.05, 0.1) is 6.54 Å². The Balaban J connectivity index is 2.03. The molecule has 18 heavy (non-hydrogen) atoms. The first-order valence-electron chi connectivity index (χ1n) is 6.41. The highest BCUT2D eigenvalue weighted by atomic mass is 16.2. The standard InChI is InChI=1S/C14H21N3O/c1-11-7-12(2)9-13(8-11)16-3-5-17(6-4-16)14(18)10-15/h7-9H,3-6,10,15H2,1-2H3. The number of carbonyl (C=O) groups is 1. The van der Waals surface area contributed by atoms with Crippen molar-refractivity contribution in [3.05, 3.63) is 29.3 Å². The van der Waals surface area contributed by atoms with Gasteiger partial charge in [0, 0.05) is 31.9 Å². The summed E-state index contributed by atoms with van der Waals surface area (Å²) in [7, 11) is 0. The second-order valence-corrected chi connectivity index (χ2v) is 4.92. The van der Waals surface area contributed by atoms with E-state index in [1.165, 1.54) is 16.8 Å². The van der Waals surface area contributed by atoms with E-state index in [0.29, 0.717) is 0 Å². The summed E-state index contributed by atoms with van der Waals surface area (Å²) in [5, 5.41) is 0. The highest BCUT2D eigenvalue weighted by Gasteiger charge is 2.20. The zero-order valence-electron chi connectivity index (χ0n) is 11.1. The van der Waals surface area contributed by atoms with Gasteiger partial charge in [0.2, 0.25) is 5.91 Å². The Hall–Kier alpha value is -1.55. The maximum atomic E-state index is 11.5. The van der Waals surface area contributed by atoms with E-state index in [4.69, 9.17) is 5.73 Å². The molecule has 0 radical (unpaired) electrons. The number of amides is 1. The van der Waals surface area contributed by atoms with Crippen molar-refractivity contribution in [2.75, 3.05) is 37.6 Å². The molecule has 0 unspecified atom stereocenters. The molecule has 2 rings (SSSR count). The monoisotopic (exact) mass is 247 g/mol. The minimum atomic E-state index is 0.0510. The molecule has 4 heteroatoms. The summed E-state index contributed by atoms with van der Waals surface area (Å²) in [6, 6.07) is 6.58. The third kappa shape index (κ3) is 2.82. The molecule has 0 bridgehead atoms. The maximum absolute atomic E-state index is 11.5. The van der Waals surface area contributed by atoms with E-state index in [9.17, 15) is 4.79 Å². The third-order valence-electron chi connectivity index (χ3n) is 3.38. The number of nitrogens with two attached hydrogens (primary N) is 1. The molecule has 0 aliphatic carbocycles. The van der Waals surface area contributed by atoms with Crippen molar-refractivity contribution >= 4 is 11.6 Å². The van der Waals surface area contributed by atoms with Crippen LogP contribution in [0.3, 0.4) is 0 Å². The smallest absolute Gasteiger partial charge is 0.236 e. The van der Waals surface area contributed by atoms with Crippen LogP contribution in [0.25, 0.3) is 0 Å². The van der Waals surface area contributed by atoms with E-state index in [-0.39, 0.29) is 12.5 Å². The molecule has 1 fully saturated rings. The molecule has 0 saturated carbocycles. The van der Waals surface area contributed by atoms with Gasteiger partial charge >= 0.3 is 0 Å². The van der Waals surface area contributed by atoms with E-state index in [1.54, 1.807) is 0 Å². The molecule has 1 heterocycles. The average Bonchev–Trinajstić information content (AvgIpc) is 2.37. The number of hydrogen-bond donors (Lipinski definition) is 1. The first-order chi connectivity index (χ1) is 8.60. The van der Waals surface area contributed by atoms with Crippen LogP contribution in [0.4, 0.5) is 5.69 Å². The van der Waals surface area contributed by atoms with E-state index in [2.05, 4.69) is 36.9 Å². The Kier molecular flexibility index (Phi) is 3.87. The van der Waals surface area contributed by atoms with Gasteiger partial charge in [-0.25, -0.2) is 0 Å². The SMILES string of the molecule is Cc1cc(C)cc(N2CCN(C(=O)CN)CC2)c1. The third-order valence-corrected chi connectivity index (χ3v) is 3.38. The lowest BCUT2D eigenvalue weighted by Crippen LogP contribution is -2.50. The van der Waals surface area contributed by atoms with Crippen molar-refractivity contribution < 1.29 is 4.79 Å². The van der Waals surface area contributed by atoms with Gasteiger partial charge in [-0.1, -0.05) is 6.07 Å². The largest absolute Gasteiger partial charge is 0.368 e. The van der Waals surface area contributed by atoms with Gasteiger partial charge in [-0.05, 0) is 37.1 Å². The zero-order chi connectivity index (χ0) is 13.1. The Bertz CT molecular complexity index is 416. The zero-order valence-corrected chi connectivity index (χ0v) is 11.1. The molecule has 2 N–H and O–H groups in total. The van der Waals surface area contributed by atoms with Crippen molar-refractivity contribution in [3.63, 3.8) is 0 Å². The van der Waals surface area contributed by atoms with Gasteiger partial charge in [-0.2, -0.15) is 0 Å². The molecule has 0 spiro atoms. The molecule has 1 aliphatic rings. The second-order valence-electron chi connectivity index (χ2n) is 4.92. The van der Waals surface area contributed by atoms with Crippen LogP contribution in [0.15, 0.2) is 18.2 Å². The molecular weight excluding hydrogens is 226 g/mol. The van der Waals surface area contributed by atoms with Gasteiger partial charge < -0.3 is 15.5 Å². The van der Waals surface area contributed by atoms with Crippen LogP contribution < -0.4 is 10.6 Å². The first-order valence-corrected chi connectivity index (χ1v) is 6.41. The summed E-state index contributed by atoms with van der Waals surface area (Å²) in [5.41, 5.74) is 9.21. The Labute approximate surface area is 108 Å². The summed E-state index contributed by atoms with van der Waals surface area (Å²) in [6.07, 6.45) is 0. The van der Waals surface area contributed by atoms with Crippen LogP contribution in [0.2, 0.25) is 0 Å². The summed E-state index contributed by atoms with van der Waals surface area (Å²) >= 11 is 0. The van der Waals surface area contributed by atoms with Gasteiger partial charge in [0.1, 0.15) is 0 Å². The first kappa shape index (κ1) is 12.9. The molecule has 1 saturated heterocycles. The van der Waals surface area contributed by atoms with Crippen molar-refractivity contribution in [3.8, 4) is 0 Å². The van der Waals surface area contributed by atoms with Crippen molar-refractivity contribution in [2.24, 2.45) is 5.73 Å². The fraction of sp³-hybridized carbons (Fsp3) is 0.500. The topological polar surface area (TPSA) is 49.6 Å². The highest BCUT2D eigenvalue weighted by Crippen LogP contribution is 2.20. The molecule has 98 valence electrons. The summed E-state index contributed by atoms with van der Waals surface area (Å²) in [6.45, 7) is 7.65. The predicted molar refractivity (Wildman–Crippen MR) is 73.8 cm³/mol. The Morgan fingerprint density at radius 1 is 1.11 bits per heavy atom. The quantitative estimate of drug-likeness (QED) is 0.845. The van der Waals surface area contributed by atoms with Crippen LogP contribution >= 0.6 is 0 Å². The molecule has 1 aliphatic heterocycles. The number of piperazine rings is 1. The van der Waals surface area contributed by atoms with Crippen molar-refractivity contribution in [1.82, 2.24) is 4.90 Å². The Morgan fingerprint density at radius 3 is 2.17 bits per heavy atom. The predicted octanol–water partition coefficient (Wildman–Crippen LogP) is 0.911. The van der Waals surface area contributed by atoms with Crippen molar-refractivity contribution in [2.45, 2.75) is 13.8 Å². The van der Waals surface area contributed by atoms with Gasteiger partial charge in [-0.15, -0.1) is 0 Å². The fourth-order valence-corrected chi connectivity index (χ4v) is 2.48. The van der Waals surface area contributed by atoms with Gasteiger partial charge in [0.25, 0.3) is 0 Å². The van der Waals surface area contributed by atoms with E-state index in [0.717, 1.165) is 26.2 Å². The molecule has 0 atom stereocenters. The van der Waals surface area contributed by atoms with Crippen molar-refractivity contribution in [1.29, 1.82) is 0 Å². The van der Waals surface area contributed by atoms with Crippen LogP contribution in [-0.2, 0) is 4.79 Å². The molecule has 1 aromatic carbocycles. The normalized spacial score (nSPS) is 15.9. The number of carbonyl (C=O) groups excluding carboxylic acids is 1. The molecule has 1 amide bonds. The summed E-state index contributed by atoms with van der Waals surface area (Å²) in [4.78, 5) is 15.7. The minimum absolute atomic E-state index is 0.0510.